The van der Waals surface area contributed by atoms with Crippen molar-refractivity contribution >= 4 is 5.97 Å². The van der Waals surface area contributed by atoms with E-state index in [0.29, 0.717) is 0 Å². The van der Waals surface area contributed by atoms with Crippen molar-refractivity contribution in [1.29, 1.82) is 0 Å². The summed E-state index contributed by atoms with van der Waals surface area (Å²) in [5.41, 5.74) is -2.30. The lowest BCUT2D eigenvalue weighted by Crippen LogP contribution is -2.44. The molecule has 0 rings (SSSR count). The highest BCUT2D eigenvalue weighted by Gasteiger charge is 2.50. The van der Waals surface area contributed by atoms with Gasteiger partial charge in [0.15, 0.2) is 0 Å². The van der Waals surface area contributed by atoms with Gasteiger partial charge in [-0.05, 0) is 0 Å². The van der Waals surface area contributed by atoms with Gasteiger partial charge in [0.05, 0.1) is 16.8 Å². The maximum atomic E-state index is 10.4. The summed E-state index contributed by atoms with van der Waals surface area (Å²) in [5.74, 6) is -0.626. The monoisotopic (exact) mass is 206 g/mol. The Hall–Kier alpha value is -1.73. The third-order valence-electron chi connectivity index (χ3n) is 1.67. The summed E-state index contributed by atoms with van der Waals surface area (Å²) in [6.45, 7) is 1.65. The molecule has 0 saturated carbocycles. The van der Waals surface area contributed by atoms with Gasteiger partial charge in [0.1, 0.15) is 13.0 Å². The molecule has 0 saturated heterocycles. The average molecular weight is 206 g/mol. The third-order valence-corrected chi connectivity index (χ3v) is 1.67. The number of nitrogens with zero attached hydrogens (tertiary/aromatic N) is 2. The van der Waals surface area contributed by atoms with Gasteiger partial charge in [-0.2, -0.15) is 0 Å². The SMILES string of the molecule is CC(=O)OCCC(C)([N+](=O)[O-])[N+](=O)[O-]. The first-order valence-electron chi connectivity index (χ1n) is 3.73. The van der Waals surface area contributed by atoms with E-state index in [-0.39, 0.29) is 6.61 Å². The molecule has 0 radical (unpaired) electrons. The Morgan fingerprint density at radius 1 is 1.36 bits per heavy atom. The quantitative estimate of drug-likeness (QED) is 0.275. The van der Waals surface area contributed by atoms with Crippen molar-refractivity contribution in [2.75, 3.05) is 6.61 Å². The standard InChI is InChI=1S/C6H10N2O6/c1-5(9)14-4-3-6(2,7(10)11)8(12)13/h3-4H2,1-2H3. The number of nitro groups is 2. The summed E-state index contributed by atoms with van der Waals surface area (Å²) in [6, 6.07) is 0. The summed E-state index contributed by atoms with van der Waals surface area (Å²) in [6.07, 6.45) is -0.452. The Labute approximate surface area is 79.1 Å². The highest BCUT2D eigenvalue weighted by atomic mass is 16.7. The molecule has 0 N–H and O–H groups in total. The summed E-state index contributed by atoms with van der Waals surface area (Å²) in [4.78, 5) is 29.0. The highest BCUT2D eigenvalue weighted by molar-refractivity contribution is 5.65. The van der Waals surface area contributed by atoms with E-state index >= 15 is 0 Å². The lowest BCUT2D eigenvalue weighted by atomic mass is 10.1. The Morgan fingerprint density at radius 3 is 2.07 bits per heavy atom. The van der Waals surface area contributed by atoms with E-state index < -0.39 is 27.9 Å². The lowest BCUT2D eigenvalue weighted by Gasteiger charge is -2.11. The molecule has 0 fully saturated rings. The molecule has 80 valence electrons. The Kier molecular flexibility index (Phi) is 3.94. The predicted octanol–water partition coefficient (Wildman–Crippen LogP) is 0.209. The fourth-order valence-corrected chi connectivity index (χ4v) is 0.637. The second kappa shape index (κ2) is 4.49. The van der Waals surface area contributed by atoms with Crippen LogP contribution < -0.4 is 0 Å². The van der Waals surface area contributed by atoms with Gasteiger partial charge in [-0.15, -0.1) is 0 Å². The van der Waals surface area contributed by atoms with Crippen LogP contribution in [0.3, 0.4) is 0 Å². The number of esters is 1. The minimum absolute atomic E-state index is 0.339. The van der Waals surface area contributed by atoms with Crippen LogP contribution in [0, 0.1) is 20.2 Å². The second-order valence-corrected chi connectivity index (χ2v) is 2.82. The van der Waals surface area contributed by atoms with Crippen LogP contribution >= 0.6 is 0 Å². The van der Waals surface area contributed by atoms with Crippen LogP contribution in [0.5, 0.6) is 0 Å². The van der Waals surface area contributed by atoms with Crippen LogP contribution in [0.2, 0.25) is 0 Å². The van der Waals surface area contributed by atoms with E-state index in [4.69, 9.17) is 0 Å². The van der Waals surface area contributed by atoms with Crippen molar-refractivity contribution in [3.8, 4) is 0 Å². The Bertz CT molecular complexity index is 249. The molecule has 0 aromatic heterocycles. The van der Waals surface area contributed by atoms with Crippen molar-refractivity contribution in [2.45, 2.75) is 25.9 Å². The molecule has 8 nitrogen and oxygen atoms in total. The number of ether oxygens (including phenoxy) is 1. The zero-order valence-electron chi connectivity index (χ0n) is 7.76. The molecular weight excluding hydrogens is 196 g/mol. The van der Waals surface area contributed by atoms with Gasteiger partial charge in [0.25, 0.3) is 0 Å². The van der Waals surface area contributed by atoms with E-state index in [1.165, 1.54) is 0 Å². The molecular formula is C6H10N2O6. The fourth-order valence-electron chi connectivity index (χ4n) is 0.637. The zero-order valence-corrected chi connectivity index (χ0v) is 7.76. The predicted molar refractivity (Wildman–Crippen MR) is 43.6 cm³/mol. The molecule has 0 aromatic rings. The van der Waals surface area contributed by atoms with Gasteiger partial charge >= 0.3 is 11.6 Å². The smallest absolute Gasteiger partial charge is 0.459 e. The number of hydrogen-bond acceptors (Lipinski definition) is 6. The summed E-state index contributed by atoms with van der Waals surface area (Å²) >= 11 is 0. The maximum Gasteiger partial charge on any atom is 0.459 e. The topological polar surface area (TPSA) is 113 Å². The molecule has 0 amide bonds. The van der Waals surface area contributed by atoms with Crippen LogP contribution in [0.15, 0.2) is 0 Å². The van der Waals surface area contributed by atoms with Gasteiger partial charge in [-0.3, -0.25) is 25.0 Å². The molecule has 0 aromatic carbocycles. The van der Waals surface area contributed by atoms with E-state index in [0.717, 1.165) is 13.8 Å². The van der Waals surface area contributed by atoms with Crippen LogP contribution in [0.1, 0.15) is 20.3 Å². The highest BCUT2D eigenvalue weighted by Crippen LogP contribution is 2.14. The third kappa shape index (κ3) is 2.96. The molecule has 0 spiro atoms. The Balaban J connectivity index is 4.32. The lowest BCUT2D eigenvalue weighted by molar-refractivity contribution is -0.793. The fraction of sp³-hybridized carbons (Fsp3) is 0.833. The average Bonchev–Trinajstić information content (AvgIpc) is 2.02. The molecule has 0 unspecified atom stereocenters. The first kappa shape index (κ1) is 12.3. The summed E-state index contributed by atoms with van der Waals surface area (Å²) in [5, 5.41) is 20.7. The minimum atomic E-state index is -2.30. The molecule has 0 heterocycles. The largest absolute Gasteiger partial charge is 0.465 e. The normalized spacial score (nSPS) is 10.7. The van der Waals surface area contributed by atoms with Gasteiger partial charge in [-0.1, -0.05) is 0 Å². The van der Waals surface area contributed by atoms with Gasteiger partial charge < -0.3 is 4.74 Å². The van der Waals surface area contributed by atoms with Crippen molar-refractivity contribution in [1.82, 2.24) is 0 Å². The molecule has 0 aliphatic rings. The van der Waals surface area contributed by atoms with Crippen molar-refractivity contribution in [3.63, 3.8) is 0 Å². The number of carbonyl (C=O) groups is 1. The first-order chi connectivity index (χ1) is 6.30. The molecule has 0 bridgehead atoms. The molecule has 0 aliphatic heterocycles. The maximum absolute atomic E-state index is 10.4. The molecule has 8 heteroatoms. The summed E-state index contributed by atoms with van der Waals surface area (Å²) < 4.78 is 4.39. The molecule has 14 heavy (non-hydrogen) atoms. The van der Waals surface area contributed by atoms with Crippen LogP contribution in [-0.4, -0.2) is 28.1 Å². The Morgan fingerprint density at radius 2 is 1.79 bits per heavy atom. The minimum Gasteiger partial charge on any atom is -0.465 e. The van der Waals surface area contributed by atoms with Crippen LogP contribution in [0.4, 0.5) is 0 Å². The van der Waals surface area contributed by atoms with Gasteiger partial charge in [0, 0.05) is 6.92 Å². The summed E-state index contributed by atoms with van der Waals surface area (Å²) in [7, 11) is 0. The van der Waals surface area contributed by atoms with E-state index in [9.17, 15) is 25.0 Å². The van der Waals surface area contributed by atoms with Crippen molar-refractivity contribution < 1.29 is 19.4 Å². The molecule has 0 atom stereocenters. The second-order valence-electron chi connectivity index (χ2n) is 2.82. The number of carbonyl (C=O) groups excluding carboxylic acids is 1. The van der Waals surface area contributed by atoms with Crippen molar-refractivity contribution in [3.05, 3.63) is 20.2 Å². The zero-order chi connectivity index (χ0) is 11.4. The van der Waals surface area contributed by atoms with Crippen LogP contribution in [-0.2, 0) is 9.53 Å². The first-order valence-corrected chi connectivity index (χ1v) is 3.73. The van der Waals surface area contributed by atoms with Gasteiger partial charge in [0.2, 0.25) is 0 Å². The van der Waals surface area contributed by atoms with Crippen molar-refractivity contribution in [2.24, 2.45) is 0 Å². The van der Waals surface area contributed by atoms with E-state index in [2.05, 4.69) is 4.74 Å². The van der Waals surface area contributed by atoms with Crippen LogP contribution in [0.25, 0.3) is 0 Å². The number of rotatable bonds is 5. The number of hydrogen-bond donors (Lipinski definition) is 0. The molecule has 0 aliphatic carbocycles. The van der Waals surface area contributed by atoms with E-state index in [1.54, 1.807) is 0 Å². The van der Waals surface area contributed by atoms with E-state index in [1.807, 2.05) is 0 Å². The van der Waals surface area contributed by atoms with Gasteiger partial charge in [-0.25, -0.2) is 0 Å².